The van der Waals surface area contributed by atoms with Gasteiger partial charge in [0.1, 0.15) is 0 Å². The molecule has 8 nitrogen and oxygen atoms in total. The lowest BCUT2D eigenvalue weighted by Gasteiger charge is -2.35. The number of amides is 2. The Kier molecular flexibility index (Phi) is 7.27. The lowest BCUT2D eigenvalue weighted by Crippen LogP contribution is -2.48. The number of anilines is 1. The minimum atomic E-state index is -1.03. The van der Waals surface area contributed by atoms with Crippen LogP contribution >= 0.6 is 11.8 Å². The number of primary amides is 1. The summed E-state index contributed by atoms with van der Waals surface area (Å²) in [7, 11) is 0. The second-order valence-corrected chi connectivity index (χ2v) is 7.31. The van der Waals surface area contributed by atoms with Crippen molar-refractivity contribution in [2.75, 3.05) is 24.7 Å². The summed E-state index contributed by atoms with van der Waals surface area (Å²) in [5.41, 5.74) is 4.72. The summed E-state index contributed by atoms with van der Waals surface area (Å²) in [4.78, 5) is 33.4. The van der Waals surface area contributed by atoms with Gasteiger partial charge in [-0.05, 0) is 27.0 Å². The van der Waals surface area contributed by atoms with Gasteiger partial charge in [0.25, 0.3) is 0 Å². The Hall–Kier alpha value is -2.03. The molecule has 0 aromatic carbocycles. The first-order chi connectivity index (χ1) is 11.1. The average molecular weight is 355 g/mol. The van der Waals surface area contributed by atoms with Crippen molar-refractivity contribution < 1.29 is 14.7 Å². The quantitative estimate of drug-likeness (QED) is 0.609. The Morgan fingerprint density at radius 2 is 1.96 bits per heavy atom. The van der Waals surface area contributed by atoms with Gasteiger partial charge < -0.3 is 21.1 Å². The zero-order chi connectivity index (χ0) is 18.3. The molecule has 0 aliphatic carbocycles. The average Bonchev–Trinajstić information content (AvgIpc) is 2.48. The number of thioether (sulfide) groups is 1. The number of carbonyl (C=O) groups excluding carboxylic acids is 1. The Labute approximate surface area is 146 Å². The minimum Gasteiger partial charge on any atom is -0.465 e. The van der Waals surface area contributed by atoms with Crippen molar-refractivity contribution in [3.05, 3.63) is 12.4 Å². The molecule has 1 atom stereocenters. The summed E-state index contributed by atoms with van der Waals surface area (Å²) in [5, 5.41) is 12.4. The van der Waals surface area contributed by atoms with Crippen LogP contribution in [0.3, 0.4) is 0 Å². The fourth-order valence-corrected chi connectivity index (χ4v) is 2.45. The molecule has 24 heavy (non-hydrogen) atoms. The van der Waals surface area contributed by atoms with E-state index < -0.39 is 17.5 Å². The van der Waals surface area contributed by atoms with Crippen LogP contribution in [0.5, 0.6) is 0 Å². The first-order valence-electron chi connectivity index (χ1n) is 7.52. The molecule has 134 valence electrons. The molecule has 0 spiro atoms. The normalized spacial score (nSPS) is 12.5. The van der Waals surface area contributed by atoms with Crippen LogP contribution in [0.4, 0.5) is 10.7 Å². The fraction of sp³-hybridized carbons (Fsp3) is 0.600. The van der Waals surface area contributed by atoms with E-state index in [1.165, 1.54) is 16.7 Å². The van der Waals surface area contributed by atoms with Crippen molar-refractivity contribution in [1.29, 1.82) is 0 Å². The highest BCUT2D eigenvalue weighted by Crippen LogP contribution is 2.18. The number of carbonyl (C=O) groups is 2. The van der Waals surface area contributed by atoms with Crippen molar-refractivity contribution in [3.63, 3.8) is 0 Å². The van der Waals surface area contributed by atoms with Gasteiger partial charge in [0, 0.05) is 48.3 Å². The second-order valence-electron chi connectivity index (χ2n) is 6.43. The van der Waals surface area contributed by atoms with Crippen LogP contribution in [0, 0.1) is 5.92 Å². The number of rotatable bonds is 8. The lowest BCUT2D eigenvalue weighted by molar-refractivity contribution is -0.119. The maximum atomic E-state index is 11.5. The van der Waals surface area contributed by atoms with Gasteiger partial charge in [0.15, 0.2) is 0 Å². The van der Waals surface area contributed by atoms with E-state index in [2.05, 4.69) is 15.3 Å². The van der Waals surface area contributed by atoms with Crippen LogP contribution < -0.4 is 11.1 Å². The predicted molar refractivity (Wildman–Crippen MR) is 94.1 cm³/mol. The summed E-state index contributed by atoms with van der Waals surface area (Å²) in [6.07, 6.45) is 4.37. The molecule has 0 saturated heterocycles. The molecule has 0 aliphatic rings. The SMILES string of the molecule is CSc1cnc(NCC(CC(N)=O)CN(C(=O)O)C(C)(C)C)nc1. The van der Waals surface area contributed by atoms with Crippen LogP contribution in [0.25, 0.3) is 0 Å². The van der Waals surface area contributed by atoms with Gasteiger partial charge in [-0.25, -0.2) is 14.8 Å². The van der Waals surface area contributed by atoms with Gasteiger partial charge in [-0.2, -0.15) is 0 Å². The van der Waals surface area contributed by atoms with Gasteiger partial charge in [-0.15, -0.1) is 11.8 Å². The molecule has 0 aliphatic heterocycles. The number of nitrogens with zero attached hydrogens (tertiary/aromatic N) is 3. The highest BCUT2D eigenvalue weighted by atomic mass is 32.2. The smallest absolute Gasteiger partial charge is 0.407 e. The molecule has 4 N–H and O–H groups in total. The number of hydrogen-bond acceptors (Lipinski definition) is 6. The third-order valence-electron chi connectivity index (χ3n) is 3.38. The van der Waals surface area contributed by atoms with Gasteiger partial charge >= 0.3 is 6.09 Å². The number of carboxylic acid groups (broad SMARTS) is 1. The molecule has 2 amide bonds. The Morgan fingerprint density at radius 3 is 2.38 bits per heavy atom. The van der Waals surface area contributed by atoms with Crippen molar-refractivity contribution >= 4 is 29.7 Å². The van der Waals surface area contributed by atoms with Gasteiger partial charge in [-0.3, -0.25) is 4.79 Å². The zero-order valence-corrected chi connectivity index (χ0v) is 15.3. The zero-order valence-electron chi connectivity index (χ0n) is 14.4. The molecule has 9 heteroatoms. The van der Waals surface area contributed by atoms with E-state index in [0.717, 1.165) is 4.90 Å². The maximum Gasteiger partial charge on any atom is 0.407 e. The maximum absolute atomic E-state index is 11.5. The highest BCUT2D eigenvalue weighted by Gasteiger charge is 2.29. The first kappa shape index (κ1) is 20.0. The van der Waals surface area contributed by atoms with E-state index in [1.807, 2.05) is 6.26 Å². The monoisotopic (exact) mass is 355 g/mol. The van der Waals surface area contributed by atoms with Crippen LogP contribution in [0.2, 0.25) is 0 Å². The molecule has 0 saturated carbocycles. The molecule has 1 aromatic rings. The predicted octanol–water partition coefficient (Wildman–Crippen LogP) is 1.88. The highest BCUT2D eigenvalue weighted by molar-refractivity contribution is 7.98. The number of aromatic nitrogens is 2. The van der Waals surface area contributed by atoms with Crippen molar-refractivity contribution in [2.24, 2.45) is 11.7 Å². The standard InChI is InChI=1S/C15H25N5O3S/c1-15(2,3)20(14(22)23)9-10(5-12(16)21)6-17-13-18-7-11(24-4)8-19-13/h7-8,10H,5-6,9H2,1-4H3,(H2,16,21)(H,22,23)(H,17,18,19). The van der Waals surface area contributed by atoms with Gasteiger partial charge in [0.2, 0.25) is 11.9 Å². The van der Waals surface area contributed by atoms with Crippen LogP contribution in [-0.4, -0.2) is 56.9 Å². The molecule has 1 aromatic heterocycles. The largest absolute Gasteiger partial charge is 0.465 e. The molecule has 1 unspecified atom stereocenters. The number of nitrogens with one attached hydrogen (secondary N) is 1. The number of nitrogens with two attached hydrogens (primary N) is 1. The number of hydrogen-bond donors (Lipinski definition) is 3. The Balaban J connectivity index is 2.76. The van der Waals surface area contributed by atoms with Crippen LogP contribution in [0.15, 0.2) is 17.3 Å². The molecular formula is C15H25N5O3S. The summed E-state index contributed by atoms with van der Waals surface area (Å²) < 4.78 is 0. The molecule has 0 radical (unpaired) electrons. The van der Waals surface area contributed by atoms with Crippen molar-refractivity contribution in [3.8, 4) is 0 Å². The van der Waals surface area contributed by atoms with E-state index in [-0.39, 0.29) is 18.9 Å². The van der Waals surface area contributed by atoms with E-state index in [9.17, 15) is 14.7 Å². The van der Waals surface area contributed by atoms with E-state index in [1.54, 1.807) is 33.2 Å². The Bertz CT molecular complexity index is 559. The van der Waals surface area contributed by atoms with Crippen LogP contribution in [-0.2, 0) is 4.79 Å². The molecule has 1 rings (SSSR count). The summed E-state index contributed by atoms with van der Waals surface area (Å²) in [6, 6.07) is 0. The van der Waals surface area contributed by atoms with Gasteiger partial charge in [0.05, 0.1) is 0 Å². The summed E-state index contributed by atoms with van der Waals surface area (Å²) >= 11 is 1.54. The molecule has 0 fully saturated rings. The minimum absolute atomic E-state index is 0.0791. The molecule has 0 bridgehead atoms. The Morgan fingerprint density at radius 1 is 1.38 bits per heavy atom. The summed E-state index contributed by atoms with van der Waals surface area (Å²) in [5.74, 6) is -0.318. The lowest BCUT2D eigenvalue weighted by atomic mass is 10.00. The van der Waals surface area contributed by atoms with E-state index in [4.69, 9.17) is 5.73 Å². The molecule has 1 heterocycles. The van der Waals surface area contributed by atoms with Crippen molar-refractivity contribution in [1.82, 2.24) is 14.9 Å². The third kappa shape index (κ3) is 6.61. The third-order valence-corrected chi connectivity index (χ3v) is 4.07. The first-order valence-corrected chi connectivity index (χ1v) is 8.74. The fourth-order valence-electron chi connectivity index (χ4n) is 2.13. The molecular weight excluding hydrogens is 330 g/mol. The summed E-state index contributed by atoms with van der Waals surface area (Å²) in [6.45, 7) is 5.96. The van der Waals surface area contributed by atoms with Gasteiger partial charge in [-0.1, -0.05) is 0 Å². The van der Waals surface area contributed by atoms with Crippen molar-refractivity contribution in [2.45, 2.75) is 37.6 Å². The van der Waals surface area contributed by atoms with E-state index >= 15 is 0 Å². The second kappa shape index (κ2) is 8.72. The van der Waals surface area contributed by atoms with Crippen LogP contribution in [0.1, 0.15) is 27.2 Å². The van der Waals surface area contributed by atoms with E-state index in [0.29, 0.717) is 12.5 Å². The topological polar surface area (TPSA) is 121 Å².